The summed E-state index contributed by atoms with van der Waals surface area (Å²) < 4.78 is 5.34. The van der Waals surface area contributed by atoms with Crippen LogP contribution in [0.4, 0.5) is 5.82 Å². The van der Waals surface area contributed by atoms with Crippen LogP contribution in [0.15, 0.2) is 66.0 Å². The van der Waals surface area contributed by atoms with Gasteiger partial charge in [-0.25, -0.2) is 9.97 Å². The predicted octanol–water partition coefficient (Wildman–Crippen LogP) is 4.51. The van der Waals surface area contributed by atoms with Crippen LogP contribution in [-0.2, 0) is 0 Å². The lowest BCUT2D eigenvalue weighted by Crippen LogP contribution is -1.96. The van der Waals surface area contributed by atoms with Crippen LogP contribution in [0.25, 0.3) is 33.9 Å². The Kier molecular flexibility index (Phi) is 4.99. The first-order valence-electron chi connectivity index (χ1n) is 8.64. The minimum atomic E-state index is 0.347. The van der Waals surface area contributed by atoms with E-state index in [0.717, 1.165) is 33.9 Å². The molecule has 0 unspecified atom stereocenters. The molecule has 140 valence electrons. The number of H-pyrrole nitrogens is 1. The van der Waals surface area contributed by atoms with E-state index in [9.17, 15) is 0 Å². The van der Waals surface area contributed by atoms with Gasteiger partial charge >= 0.3 is 0 Å². The molecule has 0 bridgehead atoms. The number of hydrogen-bond acceptors (Lipinski definition) is 6. The fourth-order valence-electron chi connectivity index (χ4n) is 2.96. The van der Waals surface area contributed by atoms with Gasteiger partial charge < -0.3 is 15.5 Å². The lowest BCUT2D eigenvalue weighted by Gasteiger charge is -2.07. The van der Waals surface area contributed by atoms with Crippen LogP contribution < -0.4 is 10.5 Å². The standard InChI is InChI=1S/C21H19N5OS/c1-27-17-11-15(12-24-20(17)22)19-18(13-6-8-23-9-7-13)25-21(26-19)14-4-3-5-16(10-14)28-2/h3-12H,1-2H3,(H2,22,24)(H,25,26). The molecule has 28 heavy (non-hydrogen) atoms. The average Bonchev–Trinajstić information content (AvgIpc) is 3.20. The van der Waals surface area contributed by atoms with Crippen LogP contribution in [0.3, 0.4) is 0 Å². The van der Waals surface area contributed by atoms with Gasteiger partial charge in [0.2, 0.25) is 0 Å². The van der Waals surface area contributed by atoms with Gasteiger partial charge in [-0.2, -0.15) is 0 Å². The number of aromatic nitrogens is 4. The molecule has 3 aromatic heterocycles. The number of nitrogens with zero attached hydrogens (tertiary/aromatic N) is 3. The van der Waals surface area contributed by atoms with Gasteiger partial charge in [0.15, 0.2) is 11.6 Å². The van der Waals surface area contributed by atoms with E-state index < -0.39 is 0 Å². The minimum Gasteiger partial charge on any atom is -0.493 e. The zero-order valence-electron chi connectivity index (χ0n) is 15.5. The summed E-state index contributed by atoms with van der Waals surface area (Å²) in [5, 5.41) is 0. The van der Waals surface area contributed by atoms with E-state index >= 15 is 0 Å². The largest absolute Gasteiger partial charge is 0.493 e. The van der Waals surface area contributed by atoms with Crippen molar-refractivity contribution in [1.82, 2.24) is 19.9 Å². The summed E-state index contributed by atoms with van der Waals surface area (Å²) in [6.45, 7) is 0. The number of aromatic amines is 1. The Balaban J connectivity index is 1.90. The molecule has 4 aromatic rings. The maximum atomic E-state index is 5.88. The zero-order chi connectivity index (χ0) is 19.5. The fourth-order valence-corrected chi connectivity index (χ4v) is 3.42. The number of hydrogen-bond donors (Lipinski definition) is 2. The Morgan fingerprint density at radius 2 is 1.86 bits per heavy atom. The van der Waals surface area contributed by atoms with Gasteiger partial charge in [-0.15, -0.1) is 11.8 Å². The summed E-state index contributed by atoms with van der Waals surface area (Å²) >= 11 is 1.70. The Bertz CT molecular complexity index is 1110. The van der Waals surface area contributed by atoms with Gasteiger partial charge in [0, 0.05) is 40.2 Å². The number of ether oxygens (including phenoxy) is 1. The number of rotatable bonds is 5. The Hall–Kier alpha value is -3.32. The van der Waals surface area contributed by atoms with Crippen molar-refractivity contribution in [2.75, 3.05) is 19.1 Å². The topological polar surface area (TPSA) is 89.7 Å². The molecule has 1 aromatic carbocycles. The van der Waals surface area contributed by atoms with Crippen LogP contribution >= 0.6 is 11.8 Å². The van der Waals surface area contributed by atoms with Crippen molar-refractivity contribution in [3.8, 4) is 39.7 Å². The number of nitrogens with two attached hydrogens (primary N) is 1. The van der Waals surface area contributed by atoms with Gasteiger partial charge in [0.05, 0.1) is 18.5 Å². The molecule has 0 saturated heterocycles. The van der Waals surface area contributed by atoms with Crippen molar-refractivity contribution in [2.45, 2.75) is 4.90 Å². The monoisotopic (exact) mass is 389 g/mol. The molecule has 0 aliphatic carbocycles. The van der Waals surface area contributed by atoms with Gasteiger partial charge in [-0.1, -0.05) is 12.1 Å². The van der Waals surface area contributed by atoms with Crippen molar-refractivity contribution in [1.29, 1.82) is 0 Å². The number of nitrogen functional groups attached to an aromatic ring is 1. The fraction of sp³-hybridized carbons (Fsp3) is 0.0952. The minimum absolute atomic E-state index is 0.347. The van der Waals surface area contributed by atoms with Crippen molar-refractivity contribution < 1.29 is 4.74 Å². The summed E-state index contributed by atoms with van der Waals surface area (Å²) in [7, 11) is 1.57. The van der Waals surface area contributed by atoms with Crippen LogP contribution in [0.5, 0.6) is 5.75 Å². The number of methoxy groups -OCH3 is 1. The zero-order valence-corrected chi connectivity index (χ0v) is 16.3. The van der Waals surface area contributed by atoms with Crippen molar-refractivity contribution >= 4 is 17.6 Å². The number of thioether (sulfide) groups is 1. The molecule has 6 nitrogen and oxygen atoms in total. The molecule has 0 radical (unpaired) electrons. The van der Waals surface area contributed by atoms with Gasteiger partial charge in [-0.3, -0.25) is 4.98 Å². The van der Waals surface area contributed by atoms with E-state index in [1.54, 1.807) is 37.5 Å². The maximum Gasteiger partial charge on any atom is 0.166 e. The second kappa shape index (κ2) is 7.74. The number of imidazole rings is 1. The molecule has 0 fully saturated rings. The summed E-state index contributed by atoms with van der Waals surface area (Å²) in [5.41, 5.74) is 10.4. The van der Waals surface area contributed by atoms with Crippen LogP contribution in [0, 0.1) is 0 Å². The summed E-state index contributed by atoms with van der Waals surface area (Å²) in [5.74, 6) is 1.65. The Morgan fingerprint density at radius 3 is 2.61 bits per heavy atom. The summed E-state index contributed by atoms with van der Waals surface area (Å²) in [4.78, 5) is 17.9. The van der Waals surface area contributed by atoms with E-state index in [1.165, 1.54) is 4.90 Å². The second-order valence-corrected chi connectivity index (χ2v) is 6.97. The van der Waals surface area contributed by atoms with E-state index in [4.69, 9.17) is 15.5 Å². The maximum absolute atomic E-state index is 5.88. The normalized spacial score (nSPS) is 10.8. The number of anilines is 1. The highest BCUT2D eigenvalue weighted by Gasteiger charge is 2.17. The molecule has 3 heterocycles. The third-order valence-electron chi connectivity index (χ3n) is 4.39. The molecule has 4 rings (SSSR count). The van der Waals surface area contributed by atoms with Crippen LogP contribution in [0.1, 0.15) is 0 Å². The molecule has 0 saturated carbocycles. The molecule has 0 aliphatic heterocycles. The highest BCUT2D eigenvalue weighted by Crippen LogP contribution is 2.35. The van der Waals surface area contributed by atoms with Crippen LogP contribution in [-0.4, -0.2) is 33.3 Å². The molecule has 0 aliphatic rings. The lowest BCUT2D eigenvalue weighted by atomic mass is 10.1. The number of nitrogens with one attached hydrogen (secondary N) is 1. The van der Waals surface area contributed by atoms with Gasteiger partial charge in [0.25, 0.3) is 0 Å². The van der Waals surface area contributed by atoms with E-state index in [0.29, 0.717) is 11.6 Å². The summed E-state index contributed by atoms with van der Waals surface area (Å²) in [6, 6.07) is 14.0. The number of benzene rings is 1. The quantitative estimate of drug-likeness (QED) is 0.488. The first-order valence-corrected chi connectivity index (χ1v) is 9.86. The van der Waals surface area contributed by atoms with Crippen LogP contribution in [0.2, 0.25) is 0 Å². The smallest absolute Gasteiger partial charge is 0.166 e. The van der Waals surface area contributed by atoms with E-state index in [2.05, 4.69) is 33.3 Å². The molecular formula is C21H19N5OS. The van der Waals surface area contributed by atoms with E-state index in [-0.39, 0.29) is 0 Å². The molecule has 0 amide bonds. The highest BCUT2D eigenvalue weighted by molar-refractivity contribution is 7.98. The molecule has 0 spiro atoms. The second-order valence-electron chi connectivity index (χ2n) is 6.09. The van der Waals surface area contributed by atoms with Crippen molar-refractivity contribution in [2.24, 2.45) is 0 Å². The van der Waals surface area contributed by atoms with E-state index in [1.807, 2.05) is 30.3 Å². The van der Waals surface area contributed by atoms with Crippen molar-refractivity contribution in [3.63, 3.8) is 0 Å². The van der Waals surface area contributed by atoms with Crippen molar-refractivity contribution in [3.05, 3.63) is 61.1 Å². The first-order chi connectivity index (χ1) is 13.7. The average molecular weight is 389 g/mol. The van der Waals surface area contributed by atoms with Gasteiger partial charge in [-0.05, 0) is 36.6 Å². The molecule has 3 N–H and O–H groups in total. The molecule has 7 heteroatoms. The number of pyridine rings is 2. The first kappa shape index (κ1) is 18.1. The molecular weight excluding hydrogens is 370 g/mol. The van der Waals surface area contributed by atoms with Gasteiger partial charge in [0.1, 0.15) is 5.82 Å². The molecule has 0 atom stereocenters. The lowest BCUT2D eigenvalue weighted by molar-refractivity contribution is 0.415. The SMILES string of the molecule is COc1cc(-c2nc(-c3cccc(SC)c3)[nH]c2-c2ccncc2)cnc1N. The summed E-state index contributed by atoms with van der Waals surface area (Å²) in [6.07, 6.45) is 7.29. The predicted molar refractivity (Wildman–Crippen MR) is 113 cm³/mol. The third-order valence-corrected chi connectivity index (χ3v) is 5.12. The third kappa shape index (κ3) is 3.44. The highest BCUT2D eigenvalue weighted by atomic mass is 32.2. The Morgan fingerprint density at radius 1 is 1.04 bits per heavy atom. The Labute approximate surface area is 167 Å².